The number of rotatable bonds is 2. The summed E-state index contributed by atoms with van der Waals surface area (Å²) in [6, 6.07) is 2.32. The Bertz CT molecular complexity index is 459. The first-order valence-corrected chi connectivity index (χ1v) is 6.32. The van der Waals surface area contributed by atoms with Crippen LogP contribution in [0.1, 0.15) is 50.6 Å². The minimum atomic E-state index is -0.420. The van der Waals surface area contributed by atoms with Crippen LogP contribution in [0.15, 0.2) is 6.20 Å². The van der Waals surface area contributed by atoms with Crippen molar-refractivity contribution in [1.29, 1.82) is 5.26 Å². The fourth-order valence-corrected chi connectivity index (χ4v) is 2.65. The second-order valence-corrected chi connectivity index (χ2v) is 5.41. The van der Waals surface area contributed by atoms with E-state index in [0.717, 1.165) is 44.2 Å². The maximum atomic E-state index is 9.12. The highest BCUT2D eigenvalue weighted by atomic mass is 15.5. The standard InChI is InChI=1S/C12H17N5/c13-9-11(6-7-11)17-8-10(15-16-17)12(14)4-2-1-3-5-12/h8H,1-7,14H2. The Kier molecular flexibility index (Phi) is 2.23. The third-order valence-corrected chi connectivity index (χ3v) is 4.12. The van der Waals surface area contributed by atoms with E-state index in [4.69, 9.17) is 11.0 Å². The summed E-state index contributed by atoms with van der Waals surface area (Å²) < 4.78 is 1.71. The molecule has 1 heterocycles. The quantitative estimate of drug-likeness (QED) is 0.834. The van der Waals surface area contributed by atoms with Gasteiger partial charge in [-0.3, -0.25) is 0 Å². The van der Waals surface area contributed by atoms with Gasteiger partial charge in [0.05, 0.1) is 17.8 Å². The second kappa shape index (κ2) is 3.54. The Morgan fingerprint density at radius 3 is 2.53 bits per heavy atom. The molecule has 0 atom stereocenters. The molecule has 1 aromatic rings. The maximum absolute atomic E-state index is 9.12. The summed E-state index contributed by atoms with van der Waals surface area (Å²) in [6.07, 6.45) is 9.18. The number of hydrogen-bond acceptors (Lipinski definition) is 4. The van der Waals surface area contributed by atoms with Crippen LogP contribution in [0.5, 0.6) is 0 Å². The molecule has 0 saturated heterocycles. The molecule has 2 saturated carbocycles. The van der Waals surface area contributed by atoms with Crippen molar-refractivity contribution >= 4 is 0 Å². The molecule has 5 nitrogen and oxygen atoms in total. The highest BCUT2D eigenvalue weighted by molar-refractivity contribution is 5.19. The van der Waals surface area contributed by atoms with Gasteiger partial charge in [0.2, 0.25) is 0 Å². The predicted octanol–water partition coefficient (Wildman–Crippen LogP) is 1.41. The molecule has 5 heteroatoms. The smallest absolute Gasteiger partial charge is 0.150 e. The van der Waals surface area contributed by atoms with E-state index in [1.54, 1.807) is 4.68 Å². The lowest BCUT2D eigenvalue weighted by atomic mass is 9.80. The number of aromatic nitrogens is 3. The molecule has 2 fully saturated rings. The van der Waals surface area contributed by atoms with Gasteiger partial charge in [0, 0.05) is 0 Å². The first-order chi connectivity index (χ1) is 8.19. The number of nitriles is 1. The van der Waals surface area contributed by atoms with Crippen LogP contribution in [0.3, 0.4) is 0 Å². The van der Waals surface area contributed by atoms with Gasteiger partial charge in [-0.05, 0) is 25.7 Å². The van der Waals surface area contributed by atoms with Crippen LogP contribution in [0.2, 0.25) is 0 Å². The van der Waals surface area contributed by atoms with Gasteiger partial charge in [0.1, 0.15) is 5.69 Å². The van der Waals surface area contributed by atoms with Crippen LogP contribution >= 0.6 is 0 Å². The third kappa shape index (κ3) is 1.64. The minimum Gasteiger partial charge on any atom is -0.320 e. The summed E-state index contributed by atoms with van der Waals surface area (Å²) in [4.78, 5) is 0. The molecule has 2 N–H and O–H groups in total. The fourth-order valence-electron chi connectivity index (χ4n) is 2.65. The molecule has 0 spiro atoms. The van der Waals surface area contributed by atoms with Crippen LogP contribution < -0.4 is 5.73 Å². The molecule has 0 bridgehead atoms. The van der Waals surface area contributed by atoms with Gasteiger partial charge in [-0.1, -0.05) is 24.5 Å². The largest absolute Gasteiger partial charge is 0.320 e. The monoisotopic (exact) mass is 231 g/mol. The molecule has 0 unspecified atom stereocenters. The molecule has 0 aliphatic heterocycles. The van der Waals surface area contributed by atoms with E-state index in [0.29, 0.717) is 0 Å². The highest BCUT2D eigenvalue weighted by Crippen LogP contribution is 2.43. The maximum Gasteiger partial charge on any atom is 0.150 e. The zero-order valence-electron chi connectivity index (χ0n) is 9.89. The van der Waals surface area contributed by atoms with E-state index in [-0.39, 0.29) is 5.54 Å². The Hall–Kier alpha value is -1.41. The van der Waals surface area contributed by atoms with Gasteiger partial charge in [-0.2, -0.15) is 5.26 Å². The third-order valence-electron chi connectivity index (χ3n) is 4.12. The molecular weight excluding hydrogens is 214 g/mol. The summed E-state index contributed by atoms with van der Waals surface area (Å²) in [6.45, 7) is 0. The summed E-state index contributed by atoms with van der Waals surface area (Å²) >= 11 is 0. The number of hydrogen-bond donors (Lipinski definition) is 1. The van der Waals surface area contributed by atoms with Crippen LogP contribution in [0.4, 0.5) is 0 Å². The number of nitrogens with zero attached hydrogens (tertiary/aromatic N) is 4. The molecule has 0 radical (unpaired) electrons. The van der Waals surface area contributed by atoms with Crippen LogP contribution in [-0.2, 0) is 11.1 Å². The predicted molar refractivity (Wildman–Crippen MR) is 61.8 cm³/mol. The van der Waals surface area contributed by atoms with Gasteiger partial charge in [-0.25, -0.2) is 4.68 Å². The van der Waals surface area contributed by atoms with E-state index in [2.05, 4.69) is 16.4 Å². The van der Waals surface area contributed by atoms with Crippen molar-refractivity contribution in [1.82, 2.24) is 15.0 Å². The molecule has 90 valence electrons. The van der Waals surface area contributed by atoms with Crippen LogP contribution in [0, 0.1) is 11.3 Å². The normalized spacial score (nSPS) is 25.2. The van der Waals surface area contributed by atoms with Crippen molar-refractivity contribution in [3.63, 3.8) is 0 Å². The fraction of sp³-hybridized carbons (Fsp3) is 0.750. The zero-order valence-corrected chi connectivity index (χ0v) is 9.89. The van der Waals surface area contributed by atoms with Crippen molar-refractivity contribution in [3.05, 3.63) is 11.9 Å². The van der Waals surface area contributed by atoms with E-state index in [1.165, 1.54) is 6.42 Å². The Labute approximate surface area is 101 Å². The Morgan fingerprint density at radius 1 is 1.24 bits per heavy atom. The van der Waals surface area contributed by atoms with E-state index in [1.807, 2.05) is 6.20 Å². The SMILES string of the molecule is N#CC1(n2cc(C3(N)CCCCC3)nn2)CC1. The number of nitrogens with two attached hydrogens (primary N) is 1. The van der Waals surface area contributed by atoms with Gasteiger partial charge in [-0.15, -0.1) is 5.10 Å². The molecule has 1 aromatic heterocycles. The first kappa shape index (κ1) is 10.7. The highest BCUT2D eigenvalue weighted by Gasteiger charge is 2.47. The van der Waals surface area contributed by atoms with Gasteiger partial charge in [0.25, 0.3) is 0 Å². The Morgan fingerprint density at radius 2 is 1.94 bits per heavy atom. The summed E-state index contributed by atoms with van der Waals surface area (Å²) in [5, 5.41) is 17.4. The molecular formula is C12H17N5. The van der Waals surface area contributed by atoms with Crippen molar-refractivity contribution in [3.8, 4) is 6.07 Å². The zero-order chi connectivity index (χ0) is 11.9. The topological polar surface area (TPSA) is 80.5 Å². The molecule has 0 amide bonds. The molecule has 2 aliphatic carbocycles. The minimum absolute atomic E-state index is 0.317. The average molecular weight is 231 g/mol. The lowest BCUT2D eigenvalue weighted by Gasteiger charge is -2.31. The lowest BCUT2D eigenvalue weighted by molar-refractivity contribution is 0.294. The first-order valence-electron chi connectivity index (χ1n) is 6.32. The summed E-state index contributed by atoms with van der Waals surface area (Å²) in [5.74, 6) is 0. The molecule has 0 aromatic carbocycles. The summed E-state index contributed by atoms with van der Waals surface area (Å²) in [7, 11) is 0. The van der Waals surface area contributed by atoms with E-state index >= 15 is 0 Å². The molecule has 2 aliphatic rings. The van der Waals surface area contributed by atoms with Crippen molar-refractivity contribution < 1.29 is 0 Å². The van der Waals surface area contributed by atoms with Gasteiger partial charge >= 0.3 is 0 Å². The van der Waals surface area contributed by atoms with E-state index in [9.17, 15) is 0 Å². The molecule has 17 heavy (non-hydrogen) atoms. The Balaban J connectivity index is 1.88. The van der Waals surface area contributed by atoms with E-state index < -0.39 is 5.54 Å². The summed E-state index contributed by atoms with van der Waals surface area (Å²) in [5.41, 5.74) is 6.52. The van der Waals surface area contributed by atoms with Crippen molar-refractivity contribution in [2.45, 2.75) is 56.0 Å². The van der Waals surface area contributed by atoms with Crippen molar-refractivity contribution in [2.75, 3.05) is 0 Å². The second-order valence-electron chi connectivity index (χ2n) is 5.41. The lowest BCUT2D eigenvalue weighted by Crippen LogP contribution is -2.39. The van der Waals surface area contributed by atoms with Crippen molar-refractivity contribution in [2.24, 2.45) is 5.73 Å². The van der Waals surface area contributed by atoms with Crippen LogP contribution in [-0.4, -0.2) is 15.0 Å². The van der Waals surface area contributed by atoms with Gasteiger partial charge < -0.3 is 5.73 Å². The average Bonchev–Trinajstić information content (AvgIpc) is 2.98. The van der Waals surface area contributed by atoms with Crippen LogP contribution in [0.25, 0.3) is 0 Å². The molecule has 3 rings (SSSR count). The van der Waals surface area contributed by atoms with Gasteiger partial charge in [0.15, 0.2) is 5.54 Å².